The van der Waals surface area contributed by atoms with Gasteiger partial charge in [-0.1, -0.05) is 27.2 Å². The molecule has 114 valence electrons. The van der Waals surface area contributed by atoms with Gasteiger partial charge in [-0.15, -0.1) is 11.3 Å². The molecule has 2 aromatic rings. The second kappa shape index (κ2) is 7.81. The molecule has 2 rings (SSSR count). The van der Waals surface area contributed by atoms with Crippen molar-refractivity contribution >= 4 is 43.2 Å². The number of hydrogen-bond donors (Lipinski definition) is 1. The van der Waals surface area contributed by atoms with Gasteiger partial charge in [0.2, 0.25) is 0 Å². The van der Waals surface area contributed by atoms with Crippen molar-refractivity contribution in [3.05, 3.63) is 31.8 Å². The summed E-state index contributed by atoms with van der Waals surface area (Å²) in [6, 6.07) is 2.48. The van der Waals surface area contributed by atoms with Crippen molar-refractivity contribution < 1.29 is 0 Å². The van der Waals surface area contributed by atoms with E-state index in [1.54, 1.807) is 11.3 Å². The van der Waals surface area contributed by atoms with Crippen LogP contribution in [0.5, 0.6) is 0 Å². The summed E-state index contributed by atoms with van der Waals surface area (Å²) >= 11 is 8.75. The fourth-order valence-electron chi connectivity index (χ4n) is 1.92. The van der Waals surface area contributed by atoms with Gasteiger partial charge in [0.15, 0.2) is 0 Å². The fourth-order valence-corrected chi connectivity index (χ4v) is 4.30. The van der Waals surface area contributed by atoms with Gasteiger partial charge in [0.25, 0.3) is 0 Å². The molecule has 0 aliphatic heterocycles. The highest BCUT2D eigenvalue weighted by molar-refractivity contribution is 9.11. The van der Waals surface area contributed by atoms with Crippen molar-refractivity contribution in [2.75, 3.05) is 0 Å². The number of rotatable bonds is 6. The van der Waals surface area contributed by atoms with Gasteiger partial charge in [-0.2, -0.15) is 0 Å². The van der Waals surface area contributed by atoms with Gasteiger partial charge in [0.1, 0.15) is 10.7 Å². The summed E-state index contributed by atoms with van der Waals surface area (Å²) in [4.78, 5) is 10.6. The molecule has 3 nitrogen and oxygen atoms in total. The van der Waals surface area contributed by atoms with E-state index in [1.165, 1.54) is 10.6 Å². The maximum Gasteiger partial charge on any atom is 0.143 e. The van der Waals surface area contributed by atoms with Crippen LogP contribution in [-0.2, 0) is 13.0 Å². The monoisotopic (exact) mass is 431 g/mol. The number of nitrogens with one attached hydrogen (secondary N) is 1. The maximum atomic E-state index is 4.81. The van der Waals surface area contributed by atoms with Gasteiger partial charge >= 0.3 is 0 Å². The molecule has 0 aromatic carbocycles. The maximum absolute atomic E-state index is 4.81. The highest BCUT2D eigenvalue weighted by Crippen LogP contribution is 2.33. The molecule has 0 saturated carbocycles. The van der Waals surface area contributed by atoms with E-state index in [-0.39, 0.29) is 0 Å². The smallest absolute Gasteiger partial charge is 0.143 e. The van der Waals surface area contributed by atoms with Crippen LogP contribution in [0, 0.1) is 0 Å². The molecule has 0 fully saturated rings. The first kappa shape index (κ1) is 17.1. The molecule has 0 saturated heterocycles. The van der Waals surface area contributed by atoms with Crippen molar-refractivity contribution in [1.29, 1.82) is 0 Å². The highest BCUT2D eigenvalue weighted by atomic mass is 79.9. The minimum absolute atomic E-state index is 0.475. The summed E-state index contributed by atoms with van der Waals surface area (Å²) in [6.45, 7) is 7.38. The summed E-state index contributed by atoms with van der Waals surface area (Å²) in [7, 11) is 0. The van der Waals surface area contributed by atoms with E-state index in [4.69, 9.17) is 4.98 Å². The first-order valence-corrected chi connectivity index (χ1v) is 9.44. The Labute approximate surface area is 146 Å². The van der Waals surface area contributed by atoms with Crippen LogP contribution in [-0.4, -0.2) is 16.0 Å². The zero-order valence-electron chi connectivity index (χ0n) is 12.4. The predicted molar refractivity (Wildman–Crippen MR) is 96.7 cm³/mol. The highest BCUT2D eigenvalue weighted by Gasteiger charge is 2.15. The number of aryl methyl sites for hydroxylation is 1. The van der Waals surface area contributed by atoms with Gasteiger partial charge in [-0.05, 0) is 44.3 Å². The van der Waals surface area contributed by atoms with E-state index < -0.39 is 0 Å². The molecule has 0 amide bonds. The van der Waals surface area contributed by atoms with E-state index in [0.717, 1.165) is 39.0 Å². The molecule has 0 unspecified atom stereocenters. The predicted octanol–water partition coefficient (Wildman–Crippen LogP) is 5.18. The van der Waals surface area contributed by atoms with Gasteiger partial charge in [-0.25, -0.2) is 4.98 Å². The Morgan fingerprint density at radius 2 is 2.10 bits per heavy atom. The molecule has 2 heterocycles. The average Bonchev–Trinajstić information content (AvgIpc) is 2.80. The second-order valence-corrected chi connectivity index (χ2v) is 8.01. The lowest BCUT2D eigenvalue weighted by atomic mass is 10.2. The van der Waals surface area contributed by atoms with Crippen LogP contribution in [0.4, 0.5) is 0 Å². The van der Waals surface area contributed by atoms with Gasteiger partial charge in [-0.3, -0.25) is 4.98 Å². The number of halogens is 2. The SMILES string of the molecule is CCCc1nc(-c2ncc(Br)cc2Br)sc1CNC(C)C. The molecule has 0 aliphatic rings. The molecular formula is C15H19Br2N3S. The first-order valence-electron chi connectivity index (χ1n) is 7.04. The van der Waals surface area contributed by atoms with E-state index >= 15 is 0 Å². The minimum Gasteiger partial charge on any atom is -0.310 e. The second-order valence-electron chi connectivity index (χ2n) is 5.16. The van der Waals surface area contributed by atoms with E-state index in [0.29, 0.717) is 6.04 Å². The summed E-state index contributed by atoms with van der Waals surface area (Å²) < 4.78 is 1.93. The molecule has 2 aromatic heterocycles. The van der Waals surface area contributed by atoms with Crippen LogP contribution in [0.2, 0.25) is 0 Å². The Morgan fingerprint density at radius 3 is 2.71 bits per heavy atom. The third-order valence-electron chi connectivity index (χ3n) is 2.95. The average molecular weight is 433 g/mol. The van der Waals surface area contributed by atoms with E-state index in [9.17, 15) is 0 Å². The van der Waals surface area contributed by atoms with Crippen molar-refractivity contribution in [2.24, 2.45) is 0 Å². The summed E-state index contributed by atoms with van der Waals surface area (Å²) in [5, 5.41) is 4.46. The first-order chi connectivity index (χ1) is 10.0. The normalized spacial score (nSPS) is 11.3. The topological polar surface area (TPSA) is 37.8 Å². The Kier molecular flexibility index (Phi) is 6.34. The van der Waals surface area contributed by atoms with Crippen LogP contribution in [0.3, 0.4) is 0 Å². The molecule has 0 spiro atoms. The van der Waals surface area contributed by atoms with Gasteiger partial charge < -0.3 is 5.32 Å². The molecule has 0 atom stereocenters. The molecular weight excluding hydrogens is 414 g/mol. The van der Waals surface area contributed by atoms with Crippen LogP contribution in [0.25, 0.3) is 10.7 Å². The third-order valence-corrected chi connectivity index (χ3v) is 5.09. The van der Waals surface area contributed by atoms with E-state index in [1.807, 2.05) is 12.3 Å². The lowest BCUT2D eigenvalue weighted by Gasteiger charge is -2.07. The van der Waals surface area contributed by atoms with Crippen LogP contribution in [0.1, 0.15) is 37.8 Å². The molecule has 0 bridgehead atoms. The number of aromatic nitrogens is 2. The number of nitrogens with zero attached hydrogens (tertiary/aromatic N) is 2. The van der Waals surface area contributed by atoms with E-state index in [2.05, 4.69) is 62.9 Å². The Hall–Kier alpha value is -0.300. The third kappa shape index (κ3) is 4.58. The standard InChI is InChI=1S/C15H19Br2N3S/c1-4-5-12-13(8-18-9(2)3)21-15(20-12)14-11(17)6-10(16)7-19-14/h6-7,9,18H,4-5,8H2,1-3H3. The summed E-state index contributed by atoms with van der Waals surface area (Å²) in [5.74, 6) is 0. The fraction of sp³-hybridized carbons (Fsp3) is 0.467. The van der Waals surface area contributed by atoms with Crippen molar-refractivity contribution in [2.45, 2.75) is 46.2 Å². The number of hydrogen-bond acceptors (Lipinski definition) is 4. The lowest BCUT2D eigenvalue weighted by molar-refractivity contribution is 0.589. The molecule has 6 heteroatoms. The van der Waals surface area contributed by atoms with Crippen molar-refractivity contribution in [3.63, 3.8) is 0 Å². The summed E-state index contributed by atoms with van der Waals surface area (Å²) in [5.41, 5.74) is 2.11. The number of pyridine rings is 1. The quantitative estimate of drug-likeness (QED) is 0.683. The Balaban J connectivity index is 2.33. The van der Waals surface area contributed by atoms with Gasteiger partial charge in [0, 0.05) is 32.6 Å². The van der Waals surface area contributed by atoms with Crippen LogP contribution in [0.15, 0.2) is 21.2 Å². The van der Waals surface area contributed by atoms with Crippen LogP contribution >= 0.6 is 43.2 Å². The van der Waals surface area contributed by atoms with Crippen molar-refractivity contribution in [1.82, 2.24) is 15.3 Å². The Morgan fingerprint density at radius 1 is 1.33 bits per heavy atom. The summed E-state index contributed by atoms with van der Waals surface area (Å²) in [6.07, 6.45) is 3.93. The molecule has 21 heavy (non-hydrogen) atoms. The molecule has 0 aliphatic carbocycles. The van der Waals surface area contributed by atoms with Crippen molar-refractivity contribution in [3.8, 4) is 10.7 Å². The zero-order chi connectivity index (χ0) is 15.4. The molecule has 0 radical (unpaired) electrons. The van der Waals surface area contributed by atoms with Crippen LogP contribution < -0.4 is 5.32 Å². The largest absolute Gasteiger partial charge is 0.310 e. The zero-order valence-corrected chi connectivity index (χ0v) is 16.4. The lowest BCUT2D eigenvalue weighted by Crippen LogP contribution is -2.21. The number of thiazole rings is 1. The Bertz CT molecular complexity index is 611. The van der Waals surface area contributed by atoms with Gasteiger partial charge in [0.05, 0.1) is 5.69 Å². The minimum atomic E-state index is 0.475. The molecule has 1 N–H and O–H groups in total.